The highest BCUT2D eigenvalue weighted by molar-refractivity contribution is 6.30. The molecule has 1 N–H and O–H groups in total. The molecule has 32 heavy (non-hydrogen) atoms. The van der Waals surface area contributed by atoms with Gasteiger partial charge in [0.15, 0.2) is 23.1 Å². The first-order chi connectivity index (χ1) is 15.0. The molecule has 2 aromatic carbocycles. The van der Waals surface area contributed by atoms with Gasteiger partial charge in [0.05, 0.1) is 17.3 Å². The molecule has 0 spiro atoms. The molecule has 0 aliphatic rings. The number of ether oxygens (including phenoxy) is 1. The quantitative estimate of drug-likeness (QED) is 0.448. The van der Waals surface area contributed by atoms with Gasteiger partial charge in [0, 0.05) is 5.02 Å². The van der Waals surface area contributed by atoms with E-state index in [-0.39, 0.29) is 23.4 Å². The molecule has 11 heteroatoms. The van der Waals surface area contributed by atoms with E-state index in [0.29, 0.717) is 11.1 Å². The van der Waals surface area contributed by atoms with E-state index in [1.54, 1.807) is 0 Å². The number of carbonyl (C=O) groups is 1. The van der Waals surface area contributed by atoms with Crippen molar-refractivity contribution in [3.8, 4) is 11.4 Å². The summed E-state index contributed by atoms with van der Waals surface area (Å²) in [6.07, 6.45) is -4.85. The first-order valence-corrected chi connectivity index (χ1v) is 9.59. The molecule has 1 atom stereocenters. The fourth-order valence-electron chi connectivity index (χ4n) is 2.92. The third kappa shape index (κ3) is 5.37. The van der Waals surface area contributed by atoms with Gasteiger partial charge in [0.25, 0.3) is 0 Å². The van der Waals surface area contributed by atoms with Crippen molar-refractivity contribution >= 4 is 17.6 Å². The third-order valence-electron chi connectivity index (χ3n) is 4.53. The zero-order valence-corrected chi connectivity index (χ0v) is 17.2. The summed E-state index contributed by atoms with van der Waals surface area (Å²) < 4.78 is 74.4. The maximum Gasteiger partial charge on any atom is 0.435 e. The van der Waals surface area contributed by atoms with E-state index < -0.39 is 47.7 Å². The Kier molecular flexibility index (Phi) is 6.73. The Labute approximate surface area is 184 Å². The first-order valence-electron chi connectivity index (χ1n) is 9.21. The minimum absolute atomic E-state index is 0.104. The lowest BCUT2D eigenvalue weighted by Crippen LogP contribution is -2.13. The summed E-state index contributed by atoms with van der Waals surface area (Å²) in [6, 6.07) is 8.33. The molecule has 0 bridgehead atoms. The number of rotatable bonds is 7. The van der Waals surface area contributed by atoms with Gasteiger partial charge in [-0.2, -0.15) is 18.3 Å². The van der Waals surface area contributed by atoms with Crippen LogP contribution in [-0.2, 0) is 24.0 Å². The number of alkyl halides is 3. The number of nitrogens with zero attached hydrogens (tertiary/aromatic N) is 2. The monoisotopic (exact) mass is 474 g/mol. The van der Waals surface area contributed by atoms with Gasteiger partial charge in [-0.1, -0.05) is 18.5 Å². The Morgan fingerprint density at radius 2 is 1.75 bits per heavy atom. The van der Waals surface area contributed by atoms with E-state index in [9.17, 15) is 26.7 Å². The Bertz CT molecular complexity index is 1110. The normalized spacial score (nSPS) is 12.6. The minimum atomic E-state index is -4.74. The molecule has 1 unspecified atom stereocenters. The lowest BCUT2D eigenvalue weighted by atomic mass is 10.0. The SMILES string of the molecule is CC(Cc1cc(F)c(OCc2cc(C(F)(F)F)nn2-c2ccc(Cl)cc2)c(F)c1)C(=O)O. The summed E-state index contributed by atoms with van der Waals surface area (Å²) in [5, 5.41) is 12.8. The van der Waals surface area contributed by atoms with Gasteiger partial charge in [0.2, 0.25) is 0 Å². The second-order valence-electron chi connectivity index (χ2n) is 7.03. The summed E-state index contributed by atoms with van der Waals surface area (Å²) in [6.45, 7) is 0.767. The molecule has 3 rings (SSSR count). The number of hydrogen-bond acceptors (Lipinski definition) is 3. The summed E-state index contributed by atoms with van der Waals surface area (Å²) in [5.41, 5.74) is -0.970. The predicted octanol–water partition coefficient (Wildman–Crippen LogP) is 5.66. The van der Waals surface area contributed by atoms with Crippen LogP contribution < -0.4 is 4.74 Å². The molecule has 0 fully saturated rings. The number of carboxylic acid groups (broad SMARTS) is 1. The van der Waals surface area contributed by atoms with E-state index >= 15 is 0 Å². The number of benzene rings is 2. The van der Waals surface area contributed by atoms with Gasteiger partial charge in [-0.25, -0.2) is 13.5 Å². The molecule has 0 amide bonds. The van der Waals surface area contributed by atoms with Crippen molar-refractivity contribution < 1.29 is 36.6 Å². The summed E-state index contributed by atoms with van der Waals surface area (Å²) >= 11 is 5.80. The van der Waals surface area contributed by atoms with Crippen LogP contribution in [0.1, 0.15) is 23.9 Å². The molecule has 170 valence electrons. The maximum absolute atomic E-state index is 14.4. The molecular formula is C21H16ClF5N2O3. The Morgan fingerprint density at radius 3 is 2.28 bits per heavy atom. The lowest BCUT2D eigenvalue weighted by molar-refractivity contribution is -0.142. The second kappa shape index (κ2) is 9.15. The number of hydrogen-bond donors (Lipinski definition) is 1. The summed E-state index contributed by atoms with van der Waals surface area (Å²) in [5.74, 6) is -5.00. The highest BCUT2D eigenvalue weighted by Gasteiger charge is 2.35. The van der Waals surface area contributed by atoms with Gasteiger partial charge in [-0.05, 0) is 54.4 Å². The fourth-order valence-corrected chi connectivity index (χ4v) is 3.05. The smallest absolute Gasteiger partial charge is 0.435 e. The molecule has 0 saturated carbocycles. The summed E-state index contributed by atoms with van der Waals surface area (Å²) in [4.78, 5) is 10.9. The van der Waals surface area contributed by atoms with E-state index in [4.69, 9.17) is 21.4 Å². The van der Waals surface area contributed by atoms with Crippen LogP contribution in [0.4, 0.5) is 22.0 Å². The molecule has 1 aromatic heterocycles. The van der Waals surface area contributed by atoms with E-state index in [1.165, 1.54) is 31.2 Å². The van der Waals surface area contributed by atoms with Crippen LogP contribution in [0.25, 0.3) is 5.69 Å². The van der Waals surface area contributed by atoms with Crippen LogP contribution in [0, 0.1) is 17.6 Å². The maximum atomic E-state index is 14.4. The van der Waals surface area contributed by atoms with Crippen molar-refractivity contribution in [1.82, 2.24) is 9.78 Å². The highest BCUT2D eigenvalue weighted by Crippen LogP contribution is 2.31. The molecule has 0 radical (unpaired) electrons. The van der Waals surface area contributed by atoms with Crippen LogP contribution in [0.3, 0.4) is 0 Å². The predicted molar refractivity (Wildman–Crippen MR) is 105 cm³/mol. The highest BCUT2D eigenvalue weighted by atomic mass is 35.5. The molecule has 0 aliphatic heterocycles. The lowest BCUT2D eigenvalue weighted by Gasteiger charge is -2.12. The Hall–Kier alpha value is -3.14. The molecule has 0 saturated heterocycles. The van der Waals surface area contributed by atoms with Crippen LogP contribution in [0.2, 0.25) is 5.02 Å². The van der Waals surface area contributed by atoms with Crippen molar-refractivity contribution in [2.75, 3.05) is 0 Å². The molecule has 3 aromatic rings. The van der Waals surface area contributed by atoms with Crippen molar-refractivity contribution in [2.45, 2.75) is 26.1 Å². The number of halogens is 6. The average molecular weight is 475 g/mol. The number of aromatic nitrogens is 2. The van der Waals surface area contributed by atoms with Crippen LogP contribution in [0.15, 0.2) is 42.5 Å². The average Bonchev–Trinajstić information content (AvgIpc) is 3.12. The van der Waals surface area contributed by atoms with Crippen LogP contribution in [0.5, 0.6) is 5.75 Å². The van der Waals surface area contributed by atoms with E-state index in [0.717, 1.165) is 16.8 Å². The van der Waals surface area contributed by atoms with Crippen molar-refractivity contribution in [2.24, 2.45) is 5.92 Å². The van der Waals surface area contributed by atoms with Crippen molar-refractivity contribution in [3.05, 3.63) is 76.1 Å². The Morgan fingerprint density at radius 1 is 1.16 bits per heavy atom. The molecule has 0 aliphatic carbocycles. The van der Waals surface area contributed by atoms with E-state index in [1.807, 2.05) is 0 Å². The second-order valence-corrected chi connectivity index (χ2v) is 7.46. The fraction of sp³-hybridized carbons (Fsp3) is 0.238. The van der Waals surface area contributed by atoms with Crippen molar-refractivity contribution in [3.63, 3.8) is 0 Å². The van der Waals surface area contributed by atoms with Gasteiger partial charge >= 0.3 is 12.1 Å². The van der Waals surface area contributed by atoms with Crippen LogP contribution >= 0.6 is 11.6 Å². The van der Waals surface area contributed by atoms with Crippen molar-refractivity contribution in [1.29, 1.82) is 0 Å². The van der Waals surface area contributed by atoms with Gasteiger partial charge in [0.1, 0.15) is 6.61 Å². The van der Waals surface area contributed by atoms with Gasteiger partial charge in [-0.3, -0.25) is 4.79 Å². The van der Waals surface area contributed by atoms with Gasteiger partial charge < -0.3 is 9.84 Å². The zero-order valence-electron chi connectivity index (χ0n) is 16.5. The minimum Gasteiger partial charge on any atom is -0.481 e. The number of carboxylic acids is 1. The third-order valence-corrected chi connectivity index (χ3v) is 4.78. The first kappa shape index (κ1) is 23.5. The topological polar surface area (TPSA) is 64.4 Å². The van der Waals surface area contributed by atoms with E-state index in [2.05, 4.69) is 5.10 Å². The zero-order chi connectivity index (χ0) is 23.6. The molecular weight excluding hydrogens is 459 g/mol. The number of aliphatic carboxylic acids is 1. The summed E-state index contributed by atoms with van der Waals surface area (Å²) in [7, 11) is 0. The van der Waals surface area contributed by atoms with Crippen LogP contribution in [-0.4, -0.2) is 20.9 Å². The largest absolute Gasteiger partial charge is 0.481 e. The molecule has 1 heterocycles. The molecule has 5 nitrogen and oxygen atoms in total. The standard InChI is InChI=1S/C21H16ClF5N2O3/c1-11(20(30)31)6-12-7-16(23)19(17(24)8-12)32-10-15-9-18(21(25,26)27)28-29(15)14-4-2-13(22)3-5-14/h2-5,7-9,11H,6,10H2,1H3,(H,30,31). The van der Waals surface area contributed by atoms with Gasteiger partial charge in [-0.15, -0.1) is 0 Å². The Balaban J connectivity index is 1.88.